The van der Waals surface area contributed by atoms with Gasteiger partial charge in [-0.15, -0.1) is 0 Å². The summed E-state index contributed by atoms with van der Waals surface area (Å²) >= 11 is 0. The topological polar surface area (TPSA) is 36.7 Å². The Morgan fingerprint density at radius 1 is 1.14 bits per heavy atom. The van der Waals surface area contributed by atoms with Crippen LogP contribution in [-0.2, 0) is 11.3 Å². The molecular weight excluding hydrogens is 290 g/mol. The number of hydrogen-bond acceptors (Lipinski definition) is 3. The van der Waals surface area contributed by atoms with Crippen LogP contribution in [0.3, 0.4) is 0 Å². The molecule has 0 saturated carbocycles. The molecule has 118 valence electrons. The Hall–Kier alpha value is -2.37. The van der Waals surface area contributed by atoms with Gasteiger partial charge in [0.05, 0.1) is 13.1 Å². The lowest BCUT2D eigenvalue weighted by Crippen LogP contribution is -2.36. The number of carbonyl (C=O) groups is 1. The number of likely N-dealkylation sites (N-methyl/N-ethyl adjacent to an activating group) is 2. The van der Waals surface area contributed by atoms with Gasteiger partial charge in [-0.3, -0.25) is 4.79 Å². The van der Waals surface area contributed by atoms with Crippen LogP contribution in [0.5, 0.6) is 0 Å². The quantitative estimate of drug-likeness (QED) is 0.852. The summed E-state index contributed by atoms with van der Waals surface area (Å²) in [4.78, 5) is 15.3. The zero-order chi connectivity index (χ0) is 16.3. The van der Waals surface area contributed by atoms with E-state index >= 15 is 0 Å². The summed E-state index contributed by atoms with van der Waals surface area (Å²) in [6.45, 7) is 2.25. The minimum Gasteiger partial charge on any atom is -0.464 e. The van der Waals surface area contributed by atoms with Crippen LogP contribution in [0.15, 0.2) is 34.7 Å². The summed E-state index contributed by atoms with van der Waals surface area (Å²) in [6.07, 6.45) is 0. The van der Waals surface area contributed by atoms with Crippen LogP contribution < -0.4 is 4.90 Å². The maximum Gasteiger partial charge on any atom is 0.242 e. The molecule has 0 aliphatic heterocycles. The van der Waals surface area contributed by atoms with Gasteiger partial charge in [0, 0.05) is 25.8 Å². The number of benzene rings is 1. The average Bonchev–Trinajstić information content (AvgIpc) is 2.86. The number of hydrogen-bond donors (Lipinski definition) is 0. The third-order valence-corrected chi connectivity index (χ3v) is 3.33. The molecule has 0 aliphatic rings. The number of carbonyl (C=O) groups excluding carboxylic acids is 1. The normalized spacial score (nSPS) is 10.6. The lowest BCUT2D eigenvalue weighted by atomic mass is 10.2. The van der Waals surface area contributed by atoms with Gasteiger partial charge in [-0.25, -0.2) is 8.78 Å². The molecule has 0 N–H and O–H groups in total. The molecule has 1 heterocycles. The number of rotatable bonds is 5. The molecule has 4 nitrogen and oxygen atoms in total. The molecule has 0 fully saturated rings. The maximum absolute atomic E-state index is 13.2. The summed E-state index contributed by atoms with van der Waals surface area (Å²) in [6, 6.07) is 7.19. The van der Waals surface area contributed by atoms with Crippen molar-refractivity contribution in [2.45, 2.75) is 13.5 Å². The van der Waals surface area contributed by atoms with E-state index in [4.69, 9.17) is 4.42 Å². The highest BCUT2D eigenvalue weighted by atomic mass is 19.2. The van der Waals surface area contributed by atoms with E-state index in [1.807, 2.05) is 19.1 Å². The number of furan rings is 1. The highest BCUT2D eigenvalue weighted by Gasteiger charge is 2.15. The van der Waals surface area contributed by atoms with Crippen LogP contribution in [0.1, 0.15) is 11.5 Å². The molecule has 2 rings (SSSR count). The summed E-state index contributed by atoms with van der Waals surface area (Å²) in [5, 5.41) is 0. The van der Waals surface area contributed by atoms with E-state index in [1.54, 1.807) is 19.0 Å². The van der Waals surface area contributed by atoms with E-state index in [9.17, 15) is 13.6 Å². The van der Waals surface area contributed by atoms with Crippen LogP contribution in [0.2, 0.25) is 0 Å². The van der Waals surface area contributed by atoms with Crippen LogP contribution in [-0.4, -0.2) is 31.4 Å². The molecular formula is C16H18F2N2O2. The van der Waals surface area contributed by atoms with Crippen molar-refractivity contribution in [2.75, 3.05) is 25.5 Å². The fraction of sp³-hybridized carbons (Fsp3) is 0.312. The molecule has 6 heteroatoms. The van der Waals surface area contributed by atoms with Gasteiger partial charge in [-0.1, -0.05) is 0 Å². The van der Waals surface area contributed by atoms with Crippen molar-refractivity contribution >= 4 is 11.6 Å². The van der Waals surface area contributed by atoms with Crippen molar-refractivity contribution in [3.8, 4) is 0 Å². The Labute approximate surface area is 127 Å². The summed E-state index contributed by atoms with van der Waals surface area (Å²) in [7, 11) is 3.31. The summed E-state index contributed by atoms with van der Waals surface area (Å²) in [5.41, 5.74) is 0.439. The fourth-order valence-electron chi connectivity index (χ4n) is 2.03. The van der Waals surface area contributed by atoms with Gasteiger partial charge in [-0.05, 0) is 31.2 Å². The van der Waals surface area contributed by atoms with Gasteiger partial charge in [0.1, 0.15) is 11.5 Å². The predicted molar refractivity (Wildman–Crippen MR) is 79.5 cm³/mol. The molecule has 0 bridgehead atoms. The molecule has 1 amide bonds. The third-order valence-electron chi connectivity index (χ3n) is 3.33. The van der Waals surface area contributed by atoms with E-state index < -0.39 is 11.6 Å². The van der Waals surface area contributed by atoms with Crippen molar-refractivity contribution in [3.05, 3.63) is 53.5 Å². The van der Waals surface area contributed by atoms with E-state index in [2.05, 4.69) is 0 Å². The number of nitrogens with zero attached hydrogens (tertiary/aromatic N) is 2. The van der Waals surface area contributed by atoms with Crippen molar-refractivity contribution in [1.82, 2.24) is 4.90 Å². The fourth-order valence-corrected chi connectivity index (χ4v) is 2.03. The molecule has 0 saturated heterocycles. The second kappa shape index (κ2) is 6.60. The second-order valence-corrected chi connectivity index (χ2v) is 5.22. The Balaban J connectivity index is 1.96. The van der Waals surface area contributed by atoms with Crippen molar-refractivity contribution in [3.63, 3.8) is 0 Å². The number of aryl methyl sites for hydroxylation is 1. The molecule has 2 aromatic rings. The van der Waals surface area contributed by atoms with Crippen LogP contribution in [0.25, 0.3) is 0 Å². The van der Waals surface area contributed by atoms with Gasteiger partial charge in [0.2, 0.25) is 5.91 Å². The van der Waals surface area contributed by atoms with Crippen molar-refractivity contribution in [2.24, 2.45) is 0 Å². The molecule has 0 aliphatic carbocycles. The smallest absolute Gasteiger partial charge is 0.242 e. The van der Waals surface area contributed by atoms with Crippen LogP contribution in [0.4, 0.5) is 14.5 Å². The standard InChI is InChI=1S/C16H18F2N2O2/c1-11-4-6-13(22-11)9-20(3)16(21)10-19(2)12-5-7-14(17)15(18)8-12/h4-8H,9-10H2,1-3H3. The Morgan fingerprint density at radius 3 is 2.45 bits per heavy atom. The monoisotopic (exact) mass is 308 g/mol. The van der Waals surface area contributed by atoms with Crippen LogP contribution in [0, 0.1) is 18.6 Å². The number of amides is 1. The third kappa shape index (κ3) is 3.84. The second-order valence-electron chi connectivity index (χ2n) is 5.22. The molecule has 1 aromatic carbocycles. The lowest BCUT2D eigenvalue weighted by molar-refractivity contribution is -0.129. The Morgan fingerprint density at radius 2 is 1.86 bits per heavy atom. The lowest BCUT2D eigenvalue weighted by Gasteiger charge is -2.23. The van der Waals surface area contributed by atoms with Gasteiger partial charge in [-0.2, -0.15) is 0 Å². The number of anilines is 1. The van der Waals surface area contributed by atoms with Gasteiger partial charge in [0.15, 0.2) is 11.6 Å². The highest BCUT2D eigenvalue weighted by molar-refractivity contribution is 5.81. The van der Waals surface area contributed by atoms with E-state index in [0.717, 1.165) is 17.9 Å². The first-order valence-electron chi connectivity index (χ1n) is 6.82. The summed E-state index contributed by atoms with van der Waals surface area (Å²) in [5.74, 6) is -0.509. The summed E-state index contributed by atoms with van der Waals surface area (Å²) < 4.78 is 31.6. The van der Waals surface area contributed by atoms with E-state index in [1.165, 1.54) is 11.0 Å². The molecule has 0 spiro atoms. The SMILES string of the molecule is Cc1ccc(CN(C)C(=O)CN(C)c2ccc(F)c(F)c2)o1. The number of halogens is 2. The maximum atomic E-state index is 13.2. The first-order valence-corrected chi connectivity index (χ1v) is 6.82. The molecule has 0 atom stereocenters. The Kier molecular flexibility index (Phi) is 4.80. The van der Waals surface area contributed by atoms with Gasteiger partial charge < -0.3 is 14.2 Å². The average molecular weight is 308 g/mol. The first-order chi connectivity index (χ1) is 10.4. The van der Waals surface area contributed by atoms with Gasteiger partial charge in [0.25, 0.3) is 0 Å². The van der Waals surface area contributed by atoms with Crippen molar-refractivity contribution < 1.29 is 18.0 Å². The molecule has 0 unspecified atom stereocenters. The van der Waals surface area contributed by atoms with Crippen LogP contribution >= 0.6 is 0 Å². The zero-order valence-electron chi connectivity index (χ0n) is 12.8. The molecule has 0 radical (unpaired) electrons. The highest BCUT2D eigenvalue weighted by Crippen LogP contribution is 2.17. The predicted octanol–water partition coefficient (Wildman–Crippen LogP) is 2.96. The molecule has 22 heavy (non-hydrogen) atoms. The zero-order valence-corrected chi connectivity index (χ0v) is 12.8. The largest absolute Gasteiger partial charge is 0.464 e. The minimum atomic E-state index is -0.934. The Bertz CT molecular complexity index is 670. The van der Waals surface area contributed by atoms with Gasteiger partial charge >= 0.3 is 0 Å². The minimum absolute atomic E-state index is 0.0568. The molecule has 1 aromatic heterocycles. The van der Waals surface area contributed by atoms with E-state index in [-0.39, 0.29) is 12.5 Å². The first kappa shape index (κ1) is 16.0. The van der Waals surface area contributed by atoms with Crippen molar-refractivity contribution in [1.29, 1.82) is 0 Å². The van der Waals surface area contributed by atoms with E-state index in [0.29, 0.717) is 18.0 Å².